The predicted molar refractivity (Wildman–Crippen MR) is 115 cm³/mol. The zero-order valence-electron chi connectivity index (χ0n) is 17.0. The molecular weight excluding hydrogens is 318 g/mol. The fourth-order valence-corrected chi connectivity index (χ4v) is 2.85. The SMILES string of the molecule is CC(=Nc1c(C)cccc1C)C(C)=NC(C)C=Nc1c(C)cccc1C. The van der Waals surface area contributed by atoms with Crippen LogP contribution < -0.4 is 0 Å². The Morgan fingerprint density at radius 3 is 1.73 bits per heavy atom. The number of nitrogens with zero attached hydrogens (tertiary/aromatic N) is 3. The maximum atomic E-state index is 4.80. The van der Waals surface area contributed by atoms with E-state index in [9.17, 15) is 0 Å². The highest BCUT2D eigenvalue weighted by molar-refractivity contribution is 6.41. The van der Waals surface area contributed by atoms with Crippen molar-refractivity contribution in [3.63, 3.8) is 0 Å². The summed E-state index contributed by atoms with van der Waals surface area (Å²) in [6, 6.07) is 12.5. The second-order valence-electron chi connectivity index (χ2n) is 6.91. The first-order valence-corrected chi connectivity index (χ1v) is 9.06. The van der Waals surface area contributed by atoms with E-state index in [-0.39, 0.29) is 6.04 Å². The molecule has 0 aliphatic rings. The quantitative estimate of drug-likeness (QED) is 0.572. The first-order valence-electron chi connectivity index (χ1n) is 9.06. The van der Waals surface area contributed by atoms with Gasteiger partial charge in [0.05, 0.1) is 28.8 Å². The van der Waals surface area contributed by atoms with Crippen LogP contribution in [0.15, 0.2) is 51.4 Å². The fraction of sp³-hybridized carbons (Fsp3) is 0.348. The van der Waals surface area contributed by atoms with Crippen LogP contribution >= 0.6 is 0 Å². The number of hydrogen-bond donors (Lipinski definition) is 0. The molecule has 0 radical (unpaired) electrons. The van der Waals surface area contributed by atoms with Crippen molar-refractivity contribution < 1.29 is 0 Å². The topological polar surface area (TPSA) is 37.1 Å². The smallest absolute Gasteiger partial charge is 0.0826 e. The second-order valence-corrected chi connectivity index (χ2v) is 6.91. The monoisotopic (exact) mass is 347 g/mol. The Morgan fingerprint density at radius 1 is 0.769 bits per heavy atom. The summed E-state index contributed by atoms with van der Waals surface area (Å²) in [6.07, 6.45) is 1.91. The minimum atomic E-state index is -0.00266. The average Bonchev–Trinajstić information content (AvgIpc) is 2.57. The average molecular weight is 348 g/mol. The molecule has 2 aromatic rings. The van der Waals surface area contributed by atoms with Gasteiger partial charge in [-0.05, 0) is 70.7 Å². The second kappa shape index (κ2) is 8.70. The van der Waals surface area contributed by atoms with E-state index in [0.717, 1.165) is 22.8 Å². The van der Waals surface area contributed by atoms with Crippen molar-refractivity contribution in [3.05, 3.63) is 58.7 Å². The molecule has 0 saturated carbocycles. The van der Waals surface area contributed by atoms with Crippen LogP contribution in [0.4, 0.5) is 11.4 Å². The van der Waals surface area contributed by atoms with Crippen LogP contribution in [0.1, 0.15) is 43.0 Å². The van der Waals surface area contributed by atoms with Crippen LogP contribution in [-0.4, -0.2) is 23.7 Å². The number of para-hydroxylation sites is 2. The molecule has 26 heavy (non-hydrogen) atoms. The van der Waals surface area contributed by atoms with Crippen LogP contribution in [0.25, 0.3) is 0 Å². The van der Waals surface area contributed by atoms with E-state index in [1.165, 1.54) is 22.3 Å². The molecule has 0 bridgehead atoms. The van der Waals surface area contributed by atoms with Crippen LogP contribution in [0.3, 0.4) is 0 Å². The number of aliphatic imine (C=N–C) groups is 3. The van der Waals surface area contributed by atoms with Gasteiger partial charge >= 0.3 is 0 Å². The van der Waals surface area contributed by atoms with Crippen LogP contribution in [0.2, 0.25) is 0 Å². The lowest BCUT2D eigenvalue weighted by atomic mass is 10.1. The van der Waals surface area contributed by atoms with Gasteiger partial charge in [0, 0.05) is 6.21 Å². The van der Waals surface area contributed by atoms with E-state index in [1.807, 2.05) is 27.0 Å². The van der Waals surface area contributed by atoms with Crippen molar-refractivity contribution in [3.8, 4) is 0 Å². The Bertz CT molecular complexity index is 833. The molecule has 3 nitrogen and oxygen atoms in total. The van der Waals surface area contributed by atoms with Gasteiger partial charge in [0.1, 0.15) is 0 Å². The molecule has 0 fully saturated rings. The van der Waals surface area contributed by atoms with Crippen LogP contribution in [0, 0.1) is 27.7 Å². The highest BCUT2D eigenvalue weighted by Gasteiger charge is 2.05. The number of benzene rings is 2. The lowest BCUT2D eigenvalue weighted by Gasteiger charge is -2.08. The summed E-state index contributed by atoms with van der Waals surface area (Å²) in [5.41, 5.74) is 8.68. The van der Waals surface area contributed by atoms with Gasteiger partial charge in [-0.25, -0.2) is 0 Å². The van der Waals surface area contributed by atoms with Gasteiger partial charge in [0.25, 0.3) is 0 Å². The Hall–Kier alpha value is -2.55. The zero-order chi connectivity index (χ0) is 19.3. The van der Waals surface area contributed by atoms with E-state index >= 15 is 0 Å². The molecule has 2 rings (SSSR count). The van der Waals surface area contributed by atoms with Crippen molar-refractivity contribution in [1.82, 2.24) is 0 Å². The molecule has 1 unspecified atom stereocenters. The van der Waals surface area contributed by atoms with Gasteiger partial charge in [-0.1, -0.05) is 36.4 Å². The Balaban J connectivity index is 2.20. The normalized spacial score (nSPS) is 14.1. The van der Waals surface area contributed by atoms with E-state index in [2.05, 4.69) is 69.1 Å². The molecule has 0 N–H and O–H groups in total. The number of rotatable bonds is 5. The van der Waals surface area contributed by atoms with Gasteiger partial charge in [0.15, 0.2) is 0 Å². The van der Waals surface area contributed by atoms with Gasteiger partial charge in [-0.15, -0.1) is 0 Å². The molecule has 0 spiro atoms. The van der Waals surface area contributed by atoms with Gasteiger partial charge in [0.2, 0.25) is 0 Å². The summed E-state index contributed by atoms with van der Waals surface area (Å²) in [5, 5.41) is 0. The van der Waals surface area contributed by atoms with Crippen molar-refractivity contribution in [2.24, 2.45) is 15.0 Å². The molecule has 1 atom stereocenters. The summed E-state index contributed by atoms with van der Waals surface area (Å²) < 4.78 is 0. The third-order valence-electron chi connectivity index (χ3n) is 4.50. The first kappa shape index (κ1) is 19.8. The molecule has 0 aliphatic carbocycles. The minimum absolute atomic E-state index is 0.00266. The molecule has 136 valence electrons. The molecule has 2 aromatic carbocycles. The van der Waals surface area contributed by atoms with Crippen molar-refractivity contribution in [2.75, 3.05) is 0 Å². The molecule has 0 aromatic heterocycles. The van der Waals surface area contributed by atoms with Crippen LogP contribution in [0.5, 0.6) is 0 Å². The third kappa shape index (κ3) is 4.98. The largest absolute Gasteiger partial charge is 0.279 e. The maximum Gasteiger partial charge on any atom is 0.0826 e. The molecule has 0 aliphatic heterocycles. The molecule has 3 heteroatoms. The Labute approximate surface area is 157 Å². The Kier molecular flexibility index (Phi) is 6.62. The lowest BCUT2D eigenvalue weighted by Crippen LogP contribution is -2.11. The van der Waals surface area contributed by atoms with E-state index in [0.29, 0.717) is 0 Å². The first-order chi connectivity index (χ1) is 12.3. The standard InChI is InChI=1S/C23H29N3/c1-15-10-8-11-16(2)22(15)24-14-19(5)25-20(6)21(7)26-23-17(3)12-9-13-18(23)4/h8-14,19H,1-7H3. The highest BCUT2D eigenvalue weighted by Crippen LogP contribution is 2.24. The van der Waals surface area contributed by atoms with Gasteiger partial charge in [-0.2, -0.15) is 0 Å². The Morgan fingerprint density at radius 2 is 1.23 bits per heavy atom. The highest BCUT2D eigenvalue weighted by atomic mass is 14.9. The van der Waals surface area contributed by atoms with E-state index in [1.54, 1.807) is 0 Å². The van der Waals surface area contributed by atoms with Gasteiger partial charge < -0.3 is 0 Å². The minimum Gasteiger partial charge on any atom is -0.279 e. The van der Waals surface area contributed by atoms with Gasteiger partial charge in [-0.3, -0.25) is 15.0 Å². The van der Waals surface area contributed by atoms with E-state index < -0.39 is 0 Å². The van der Waals surface area contributed by atoms with Crippen molar-refractivity contribution >= 4 is 29.0 Å². The van der Waals surface area contributed by atoms with Crippen LogP contribution in [-0.2, 0) is 0 Å². The maximum absolute atomic E-state index is 4.80. The lowest BCUT2D eigenvalue weighted by molar-refractivity contribution is 0.995. The zero-order valence-corrected chi connectivity index (χ0v) is 17.0. The third-order valence-corrected chi connectivity index (χ3v) is 4.50. The molecular formula is C23H29N3. The van der Waals surface area contributed by atoms with Crippen molar-refractivity contribution in [1.29, 1.82) is 0 Å². The van der Waals surface area contributed by atoms with Crippen molar-refractivity contribution in [2.45, 2.75) is 54.5 Å². The summed E-state index contributed by atoms with van der Waals surface area (Å²) in [6.45, 7) is 14.4. The predicted octanol–water partition coefficient (Wildman–Crippen LogP) is 6.26. The summed E-state index contributed by atoms with van der Waals surface area (Å²) >= 11 is 0. The molecule has 0 heterocycles. The summed E-state index contributed by atoms with van der Waals surface area (Å²) in [7, 11) is 0. The number of hydrogen-bond acceptors (Lipinski definition) is 3. The molecule has 0 amide bonds. The molecule has 0 saturated heterocycles. The fourth-order valence-electron chi connectivity index (χ4n) is 2.85. The summed E-state index contributed by atoms with van der Waals surface area (Å²) in [5.74, 6) is 0. The number of aryl methyl sites for hydroxylation is 4. The van der Waals surface area contributed by atoms with E-state index in [4.69, 9.17) is 9.98 Å². The summed E-state index contributed by atoms with van der Waals surface area (Å²) in [4.78, 5) is 14.2.